The maximum atomic E-state index is 14.1. The summed E-state index contributed by atoms with van der Waals surface area (Å²) in [7, 11) is 3.08. The SMILES string of the molecule is COc1ccc(CN(C(C)=O)C(=O)C(Cc2c[nH]c3ccccc23)NC(=O)CN2CCNCC2c2ccccc2)cc1OC. The molecule has 0 saturated carbocycles. The van der Waals surface area contributed by atoms with Crippen LogP contribution in [0.3, 0.4) is 0 Å². The van der Waals surface area contributed by atoms with Crippen molar-refractivity contribution in [1.29, 1.82) is 0 Å². The lowest BCUT2D eigenvalue weighted by Crippen LogP contribution is -2.54. The molecule has 1 fully saturated rings. The van der Waals surface area contributed by atoms with Crippen LogP contribution in [0.2, 0.25) is 0 Å². The lowest BCUT2D eigenvalue weighted by atomic mass is 10.0. The molecular formula is C34H39N5O5. The van der Waals surface area contributed by atoms with Crippen LogP contribution < -0.4 is 20.1 Å². The average molecular weight is 598 g/mol. The van der Waals surface area contributed by atoms with Crippen LogP contribution in [0.15, 0.2) is 79.0 Å². The summed E-state index contributed by atoms with van der Waals surface area (Å²) in [5.74, 6) is -0.141. The Kier molecular flexibility index (Phi) is 9.93. The number of aromatic nitrogens is 1. The smallest absolute Gasteiger partial charge is 0.252 e. The van der Waals surface area contributed by atoms with Crippen LogP contribution in [0.4, 0.5) is 0 Å². The monoisotopic (exact) mass is 597 g/mol. The van der Waals surface area contributed by atoms with Crippen molar-refractivity contribution in [2.75, 3.05) is 40.4 Å². The Bertz CT molecular complexity index is 1600. The van der Waals surface area contributed by atoms with Crippen molar-refractivity contribution < 1.29 is 23.9 Å². The number of methoxy groups -OCH3 is 2. The number of carbonyl (C=O) groups is 3. The van der Waals surface area contributed by atoms with E-state index in [2.05, 4.69) is 32.7 Å². The summed E-state index contributed by atoms with van der Waals surface area (Å²) in [6, 6.07) is 22.2. The molecule has 4 aromatic rings. The van der Waals surface area contributed by atoms with Crippen molar-refractivity contribution in [2.24, 2.45) is 0 Å². The van der Waals surface area contributed by atoms with Gasteiger partial charge in [0.15, 0.2) is 11.5 Å². The first kappa shape index (κ1) is 30.8. The zero-order valence-electron chi connectivity index (χ0n) is 25.3. The Balaban J connectivity index is 1.40. The van der Waals surface area contributed by atoms with Gasteiger partial charge in [0.1, 0.15) is 6.04 Å². The van der Waals surface area contributed by atoms with E-state index in [4.69, 9.17) is 9.47 Å². The number of nitrogens with one attached hydrogen (secondary N) is 3. The molecule has 1 aromatic heterocycles. The number of imide groups is 1. The molecule has 1 aliphatic heterocycles. The highest BCUT2D eigenvalue weighted by Gasteiger charge is 2.32. The van der Waals surface area contributed by atoms with Crippen LogP contribution in [0.1, 0.15) is 29.7 Å². The maximum Gasteiger partial charge on any atom is 0.252 e. The molecule has 44 heavy (non-hydrogen) atoms. The number of rotatable bonds is 11. The summed E-state index contributed by atoms with van der Waals surface area (Å²) in [6.45, 7) is 3.66. The number of hydrogen-bond donors (Lipinski definition) is 3. The predicted molar refractivity (Wildman–Crippen MR) is 168 cm³/mol. The molecule has 230 valence electrons. The van der Waals surface area contributed by atoms with Crippen molar-refractivity contribution >= 4 is 28.6 Å². The third kappa shape index (κ3) is 7.10. The van der Waals surface area contributed by atoms with Gasteiger partial charge in [0.25, 0.3) is 5.91 Å². The average Bonchev–Trinajstić information content (AvgIpc) is 3.46. The summed E-state index contributed by atoms with van der Waals surface area (Å²) < 4.78 is 10.8. The second-order valence-electron chi connectivity index (χ2n) is 10.9. The largest absolute Gasteiger partial charge is 0.493 e. The number of hydrogen-bond acceptors (Lipinski definition) is 7. The fourth-order valence-electron chi connectivity index (χ4n) is 5.78. The molecule has 3 aromatic carbocycles. The van der Waals surface area contributed by atoms with Crippen molar-refractivity contribution in [3.8, 4) is 11.5 Å². The van der Waals surface area contributed by atoms with E-state index in [9.17, 15) is 14.4 Å². The number of benzene rings is 3. The molecule has 1 saturated heterocycles. The molecule has 0 aliphatic carbocycles. The van der Waals surface area contributed by atoms with Crippen LogP contribution in [0.5, 0.6) is 11.5 Å². The maximum absolute atomic E-state index is 14.1. The molecule has 3 amide bonds. The summed E-state index contributed by atoms with van der Waals surface area (Å²) >= 11 is 0. The van der Waals surface area contributed by atoms with Gasteiger partial charge in [0, 0.05) is 56.1 Å². The number of para-hydroxylation sites is 1. The number of piperazine rings is 1. The minimum Gasteiger partial charge on any atom is -0.493 e. The molecule has 0 spiro atoms. The Morgan fingerprint density at radius 2 is 1.75 bits per heavy atom. The van der Waals surface area contributed by atoms with Gasteiger partial charge < -0.3 is 25.1 Å². The van der Waals surface area contributed by atoms with Gasteiger partial charge in [-0.05, 0) is 34.9 Å². The van der Waals surface area contributed by atoms with Gasteiger partial charge in [-0.3, -0.25) is 24.2 Å². The van der Waals surface area contributed by atoms with Crippen molar-refractivity contribution in [1.82, 2.24) is 25.4 Å². The highest BCUT2D eigenvalue weighted by molar-refractivity contribution is 5.99. The second-order valence-corrected chi connectivity index (χ2v) is 10.9. The first-order valence-corrected chi connectivity index (χ1v) is 14.7. The molecule has 10 nitrogen and oxygen atoms in total. The fraction of sp³-hybridized carbons (Fsp3) is 0.324. The topological polar surface area (TPSA) is 116 Å². The molecule has 10 heteroatoms. The molecule has 2 atom stereocenters. The number of amides is 3. The van der Waals surface area contributed by atoms with E-state index in [1.54, 1.807) is 25.3 Å². The molecule has 5 rings (SSSR count). The molecule has 2 unspecified atom stereocenters. The summed E-state index contributed by atoms with van der Waals surface area (Å²) in [5.41, 5.74) is 3.62. The minimum atomic E-state index is -0.969. The molecular weight excluding hydrogens is 558 g/mol. The lowest BCUT2D eigenvalue weighted by Gasteiger charge is -2.36. The third-order valence-electron chi connectivity index (χ3n) is 8.05. The third-order valence-corrected chi connectivity index (χ3v) is 8.05. The molecule has 2 heterocycles. The van der Waals surface area contributed by atoms with Gasteiger partial charge in [-0.1, -0.05) is 54.6 Å². The molecule has 3 N–H and O–H groups in total. The molecule has 1 aliphatic rings. The summed E-state index contributed by atoms with van der Waals surface area (Å²) in [4.78, 5) is 47.2. The Morgan fingerprint density at radius 3 is 2.50 bits per heavy atom. The van der Waals surface area contributed by atoms with Gasteiger partial charge >= 0.3 is 0 Å². The van der Waals surface area contributed by atoms with Crippen LogP contribution in [-0.2, 0) is 27.3 Å². The zero-order chi connectivity index (χ0) is 31.1. The van der Waals surface area contributed by atoms with E-state index in [0.717, 1.165) is 35.1 Å². The molecule has 0 bridgehead atoms. The summed E-state index contributed by atoms with van der Waals surface area (Å²) in [6.07, 6.45) is 2.07. The number of aromatic amines is 1. The Labute approximate surface area is 257 Å². The van der Waals surface area contributed by atoms with Gasteiger partial charge in [-0.15, -0.1) is 0 Å². The predicted octanol–water partition coefficient (Wildman–Crippen LogP) is 3.43. The number of carbonyl (C=O) groups excluding carboxylic acids is 3. The van der Waals surface area contributed by atoms with E-state index < -0.39 is 17.9 Å². The molecule has 0 radical (unpaired) electrons. The highest BCUT2D eigenvalue weighted by atomic mass is 16.5. The van der Waals surface area contributed by atoms with E-state index in [1.807, 2.05) is 48.7 Å². The van der Waals surface area contributed by atoms with Gasteiger partial charge in [0.2, 0.25) is 11.8 Å². The fourth-order valence-corrected chi connectivity index (χ4v) is 5.78. The van der Waals surface area contributed by atoms with Crippen LogP contribution in [-0.4, -0.2) is 78.9 Å². The Hall–Kier alpha value is -4.67. The number of H-pyrrole nitrogens is 1. The van der Waals surface area contributed by atoms with Crippen LogP contribution in [0, 0.1) is 0 Å². The van der Waals surface area contributed by atoms with E-state index in [0.29, 0.717) is 23.6 Å². The van der Waals surface area contributed by atoms with Crippen molar-refractivity contribution in [2.45, 2.75) is 32.0 Å². The number of nitrogens with zero attached hydrogens (tertiary/aromatic N) is 2. The normalized spacial score (nSPS) is 15.8. The van der Waals surface area contributed by atoms with Gasteiger partial charge in [0.05, 0.1) is 27.3 Å². The zero-order valence-corrected chi connectivity index (χ0v) is 25.3. The van der Waals surface area contributed by atoms with E-state index >= 15 is 0 Å². The first-order valence-electron chi connectivity index (χ1n) is 14.7. The number of fused-ring (bicyclic) bond motifs is 1. The first-order chi connectivity index (χ1) is 21.4. The van der Waals surface area contributed by atoms with Crippen LogP contribution in [0.25, 0.3) is 10.9 Å². The van der Waals surface area contributed by atoms with Crippen molar-refractivity contribution in [3.63, 3.8) is 0 Å². The lowest BCUT2D eigenvalue weighted by molar-refractivity contribution is -0.147. The second kappa shape index (κ2) is 14.2. The van der Waals surface area contributed by atoms with Gasteiger partial charge in [-0.25, -0.2) is 0 Å². The van der Waals surface area contributed by atoms with Crippen LogP contribution >= 0.6 is 0 Å². The number of ether oxygens (including phenoxy) is 2. The Morgan fingerprint density at radius 1 is 1.00 bits per heavy atom. The minimum absolute atomic E-state index is 0.0165. The van der Waals surface area contributed by atoms with Crippen molar-refractivity contribution in [3.05, 3.63) is 95.7 Å². The van der Waals surface area contributed by atoms with E-state index in [1.165, 1.54) is 18.9 Å². The summed E-state index contributed by atoms with van der Waals surface area (Å²) in [5, 5.41) is 7.37. The standard InChI is InChI=1S/C34H39N5O5/c1-23(40)39(21-24-13-14-31(43-2)32(17-24)44-3)34(42)29(18-26-19-36-28-12-8-7-11-27(26)28)37-33(41)22-38-16-15-35-20-30(38)25-9-5-4-6-10-25/h4-14,17,19,29-30,35-36H,15-16,18,20-22H2,1-3H3,(H,37,41). The highest BCUT2D eigenvalue weighted by Crippen LogP contribution is 2.28. The van der Waals surface area contributed by atoms with E-state index in [-0.39, 0.29) is 31.5 Å². The van der Waals surface area contributed by atoms with Gasteiger partial charge in [-0.2, -0.15) is 0 Å². The quantitative estimate of drug-likeness (QED) is 0.243.